The number of hydrogen-bond donors (Lipinski definition) is 1. The molecule has 4 aromatic carbocycles. The minimum atomic E-state index is -3.21. The lowest BCUT2D eigenvalue weighted by Gasteiger charge is -2.17. The molecule has 10 heteroatoms. The van der Waals surface area contributed by atoms with Crippen LogP contribution in [0.3, 0.4) is 0 Å². The zero-order chi connectivity index (χ0) is 35.7. The lowest BCUT2D eigenvalue weighted by molar-refractivity contribution is -0.132. The Morgan fingerprint density at radius 2 is 1.08 bits per heavy atom. The van der Waals surface area contributed by atoms with E-state index in [0.717, 1.165) is 62.8 Å². The van der Waals surface area contributed by atoms with E-state index in [-0.39, 0.29) is 5.57 Å². The number of aliphatic carboxylic acids is 1. The fourth-order valence-electron chi connectivity index (χ4n) is 6.01. The summed E-state index contributed by atoms with van der Waals surface area (Å²) in [6, 6.07) is 48.7. The molecule has 0 unspecified atom stereocenters. The van der Waals surface area contributed by atoms with Crippen LogP contribution < -0.4 is 15.2 Å². The summed E-state index contributed by atoms with van der Waals surface area (Å²) in [5, 5.41) is 20.4. The first-order valence-corrected chi connectivity index (χ1v) is 20.3. The molecular formula is C42H26N3O3PS3. The van der Waals surface area contributed by atoms with Crippen LogP contribution >= 0.6 is 41.2 Å². The minimum Gasteiger partial charge on any atom is -0.477 e. The predicted molar refractivity (Wildman–Crippen MR) is 216 cm³/mol. The van der Waals surface area contributed by atoms with Crippen molar-refractivity contribution in [2.45, 2.75) is 0 Å². The van der Waals surface area contributed by atoms with Gasteiger partial charge in [0.15, 0.2) is 7.14 Å². The summed E-state index contributed by atoms with van der Waals surface area (Å²) in [6.07, 6.45) is 1.39. The molecule has 250 valence electrons. The summed E-state index contributed by atoms with van der Waals surface area (Å²) in [5.41, 5.74) is 4.43. The summed E-state index contributed by atoms with van der Waals surface area (Å²) in [6.45, 7) is 0. The highest BCUT2D eigenvalue weighted by Gasteiger charge is 2.32. The summed E-state index contributed by atoms with van der Waals surface area (Å²) in [5.74, 6) is -1.27. The Labute approximate surface area is 311 Å². The van der Waals surface area contributed by atoms with Crippen molar-refractivity contribution in [3.05, 3.63) is 156 Å². The number of carbonyl (C=O) groups is 1. The molecule has 8 aromatic rings. The van der Waals surface area contributed by atoms with Crippen LogP contribution in [0.5, 0.6) is 0 Å². The van der Waals surface area contributed by atoms with E-state index in [0.29, 0.717) is 10.4 Å². The van der Waals surface area contributed by atoms with Crippen molar-refractivity contribution in [1.82, 2.24) is 9.97 Å². The molecule has 0 aliphatic carbocycles. The third-order valence-electron chi connectivity index (χ3n) is 8.48. The Balaban J connectivity index is 1.37. The maximum atomic E-state index is 15.3. The average Bonchev–Trinajstić information content (AvgIpc) is 3.97. The van der Waals surface area contributed by atoms with Gasteiger partial charge in [-0.2, -0.15) is 5.26 Å². The van der Waals surface area contributed by atoms with Gasteiger partial charge in [-0.15, -0.1) is 34.0 Å². The molecule has 0 amide bonds. The SMILES string of the molecule is N#C/C(=C\c1ccc(-c2sc(-c3ccc(P(=O)(c4ccccc4)c4ccccc4)s3)c3nc(-c4ccccc4)c(-c4ccccc4)nc23)s1)C(=O)O. The van der Waals surface area contributed by atoms with E-state index in [2.05, 4.69) is 0 Å². The van der Waals surface area contributed by atoms with Crippen LogP contribution in [-0.4, -0.2) is 21.0 Å². The summed E-state index contributed by atoms with van der Waals surface area (Å²) in [7, 11) is -3.21. The molecule has 0 bridgehead atoms. The van der Waals surface area contributed by atoms with Crippen molar-refractivity contribution in [1.29, 1.82) is 5.26 Å². The van der Waals surface area contributed by atoms with Gasteiger partial charge >= 0.3 is 5.97 Å². The normalized spacial score (nSPS) is 11.8. The highest BCUT2D eigenvalue weighted by molar-refractivity contribution is 7.89. The second kappa shape index (κ2) is 14.1. The van der Waals surface area contributed by atoms with Crippen molar-refractivity contribution in [3.8, 4) is 48.1 Å². The van der Waals surface area contributed by atoms with Gasteiger partial charge in [-0.1, -0.05) is 121 Å². The van der Waals surface area contributed by atoms with Gasteiger partial charge in [-0.25, -0.2) is 14.8 Å². The molecule has 0 spiro atoms. The first-order valence-electron chi connectivity index (χ1n) is 16.2. The van der Waals surface area contributed by atoms with E-state index < -0.39 is 13.1 Å². The van der Waals surface area contributed by atoms with Crippen LogP contribution in [-0.2, 0) is 9.36 Å². The molecule has 0 aliphatic rings. The predicted octanol–water partition coefficient (Wildman–Crippen LogP) is 10.1. The van der Waals surface area contributed by atoms with E-state index in [4.69, 9.17) is 9.97 Å². The number of thiophene rings is 3. The maximum absolute atomic E-state index is 15.3. The lowest BCUT2D eigenvalue weighted by atomic mass is 10.0. The van der Waals surface area contributed by atoms with Crippen LogP contribution in [0.15, 0.2) is 151 Å². The quantitative estimate of drug-likeness (QED) is 0.0896. The van der Waals surface area contributed by atoms with Crippen molar-refractivity contribution < 1.29 is 14.5 Å². The standard InChI is InChI=1S/C42H26N3O3PS3/c43-26-29(42(46)47)25-32-21-22-33(50-32)40-38-39(45-37(28-15-7-2-8-16-28)36(44-38)27-13-5-1-6-14-27)41(52-40)34-23-24-35(51-34)49(48,30-17-9-3-10-18-30)31-19-11-4-12-20-31/h1-25H,(H,46,47)/b29-25+. The number of aromatic nitrogens is 2. The number of carboxylic acids is 1. The second-order valence-corrected chi connectivity index (χ2v) is 18.0. The van der Waals surface area contributed by atoms with Gasteiger partial charge in [0.2, 0.25) is 0 Å². The Hall–Kier alpha value is -5.75. The van der Waals surface area contributed by atoms with E-state index in [1.54, 1.807) is 17.4 Å². The van der Waals surface area contributed by atoms with Crippen LogP contribution in [0.2, 0.25) is 0 Å². The highest BCUT2D eigenvalue weighted by atomic mass is 32.1. The topological polar surface area (TPSA) is 104 Å². The maximum Gasteiger partial charge on any atom is 0.346 e. The van der Waals surface area contributed by atoms with Crippen LogP contribution in [0, 0.1) is 11.3 Å². The molecule has 4 heterocycles. The molecule has 0 atom stereocenters. The first-order chi connectivity index (χ1) is 25.4. The first kappa shape index (κ1) is 33.4. The Morgan fingerprint density at radius 1 is 0.615 bits per heavy atom. The van der Waals surface area contributed by atoms with E-state index in [1.807, 2.05) is 146 Å². The zero-order valence-corrected chi connectivity index (χ0v) is 30.6. The number of fused-ring (bicyclic) bond motifs is 1. The fraction of sp³-hybridized carbons (Fsp3) is 0. The van der Waals surface area contributed by atoms with Crippen LogP contribution in [0.1, 0.15) is 4.88 Å². The average molecular weight is 748 g/mol. The molecule has 0 saturated heterocycles. The molecular weight excluding hydrogens is 722 g/mol. The Bertz CT molecular complexity index is 2650. The molecule has 8 rings (SSSR count). The fourth-order valence-corrected chi connectivity index (χ4v) is 12.8. The van der Waals surface area contributed by atoms with Crippen molar-refractivity contribution in [2.24, 2.45) is 0 Å². The highest BCUT2D eigenvalue weighted by Crippen LogP contribution is 2.50. The number of carboxylic acid groups (broad SMARTS) is 1. The van der Waals surface area contributed by atoms with Gasteiger partial charge in [0.05, 0.1) is 25.8 Å². The van der Waals surface area contributed by atoms with Gasteiger partial charge in [-0.05, 0) is 30.3 Å². The molecule has 0 fully saturated rings. The largest absolute Gasteiger partial charge is 0.477 e. The third-order valence-corrected chi connectivity index (χ3v) is 15.8. The number of hydrogen-bond acceptors (Lipinski definition) is 8. The van der Waals surface area contributed by atoms with Gasteiger partial charge < -0.3 is 9.67 Å². The van der Waals surface area contributed by atoms with Crippen LogP contribution in [0.25, 0.3) is 59.1 Å². The van der Waals surface area contributed by atoms with Gasteiger partial charge in [0, 0.05) is 36.4 Å². The minimum absolute atomic E-state index is 0.337. The van der Waals surface area contributed by atoms with Gasteiger partial charge in [-0.3, -0.25) is 0 Å². The van der Waals surface area contributed by atoms with E-state index in [1.165, 1.54) is 28.7 Å². The monoisotopic (exact) mass is 747 g/mol. The molecule has 0 aliphatic heterocycles. The molecule has 1 N–H and O–H groups in total. The summed E-state index contributed by atoms with van der Waals surface area (Å²) >= 11 is 4.44. The number of benzene rings is 4. The Kier molecular flexibility index (Phi) is 9.06. The zero-order valence-electron chi connectivity index (χ0n) is 27.2. The second-order valence-electron chi connectivity index (χ2n) is 11.7. The molecule has 52 heavy (non-hydrogen) atoms. The number of nitrogens with zero attached hydrogens (tertiary/aromatic N) is 3. The van der Waals surface area contributed by atoms with E-state index in [9.17, 15) is 15.2 Å². The smallest absolute Gasteiger partial charge is 0.346 e. The number of nitriles is 1. The molecule has 0 radical (unpaired) electrons. The third kappa shape index (κ3) is 6.12. The molecule has 6 nitrogen and oxygen atoms in total. The molecule has 4 aromatic heterocycles. The molecule has 0 saturated carbocycles. The summed E-state index contributed by atoms with van der Waals surface area (Å²) < 4.78 is 16.0. The van der Waals surface area contributed by atoms with Crippen molar-refractivity contribution >= 4 is 79.5 Å². The Morgan fingerprint density at radius 3 is 1.56 bits per heavy atom. The van der Waals surface area contributed by atoms with Gasteiger partial charge in [0.25, 0.3) is 0 Å². The summed E-state index contributed by atoms with van der Waals surface area (Å²) in [4.78, 5) is 26.5. The van der Waals surface area contributed by atoms with Crippen molar-refractivity contribution in [2.75, 3.05) is 0 Å². The van der Waals surface area contributed by atoms with E-state index >= 15 is 4.57 Å². The number of rotatable bonds is 9. The van der Waals surface area contributed by atoms with Crippen molar-refractivity contribution in [3.63, 3.8) is 0 Å². The lowest BCUT2D eigenvalue weighted by Crippen LogP contribution is -2.22. The van der Waals surface area contributed by atoms with Gasteiger partial charge in [0.1, 0.15) is 22.7 Å². The van der Waals surface area contributed by atoms with Crippen LogP contribution in [0.4, 0.5) is 0 Å².